The molecule has 3 aromatic heterocycles. The second-order valence-electron chi connectivity index (χ2n) is 7.15. The first kappa shape index (κ1) is 17.6. The number of nitrogens with two attached hydrogens (primary N) is 1. The number of nitrogen functional groups attached to an aromatic ring is 1. The summed E-state index contributed by atoms with van der Waals surface area (Å²) in [5, 5.41) is 5.49. The lowest BCUT2D eigenvalue weighted by Gasteiger charge is -2.32. The molecule has 1 aromatic carbocycles. The van der Waals surface area contributed by atoms with Gasteiger partial charge in [0, 0.05) is 24.4 Å². The molecule has 29 heavy (non-hydrogen) atoms. The molecule has 0 bridgehead atoms. The minimum absolute atomic E-state index is 0.121. The van der Waals surface area contributed by atoms with Crippen molar-refractivity contribution in [3.63, 3.8) is 0 Å². The zero-order valence-electron chi connectivity index (χ0n) is 15.9. The largest absolute Gasteiger partial charge is 0.494 e. The third-order valence-corrected chi connectivity index (χ3v) is 5.35. The summed E-state index contributed by atoms with van der Waals surface area (Å²) in [6, 6.07) is 8.82. The van der Waals surface area contributed by atoms with Crippen LogP contribution in [0.3, 0.4) is 0 Å². The summed E-state index contributed by atoms with van der Waals surface area (Å²) in [4.78, 5) is 15.6. The van der Waals surface area contributed by atoms with Crippen LogP contribution < -0.4 is 15.4 Å². The molecule has 148 valence electrons. The zero-order valence-corrected chi connectivity index (χ0v) is 15.9. The first-order chi connectivity index (χ1) is 14.1. The van der Waals surface area contributed by atoms with Crippen molar-refractivity contribution in [1.29, 1.82) is 0 Å². The molecule has 4 aromatic rings. The number of halogens is 1. The topological polar surface area (TPSA) is 94.5 Å². The van der Waals surface area contributed by atoms with Gasteiger partial charge in [-0.15, -0.1) is 5.10 Å². The number of hydrogen-bond acceptors (Lipinski definition) is 7. The van der Waals surface area contributed by atoms with Crippen molar-refractivity contribution in [1.82, 2.24) is 24.6 Å². The van der Waals surface area contributed by atoms with E-state index in [0.717, 1.165) is 36.4 Å². The number of benzene rings is 1. The number of rotatable bonds is 3. The average Bonchev–Trinajstić information content (AvgIpc) is 3.21. The number of fused-ring (bicyclic) bond motifs is 3. The summed E-state index contributed by atoms with van der Waals surface area (Å²) in [5.41, 5.74) is 7.49. The lowest BCUT2D eigenvalue weighted by atomic mass is 9.97. The maximum atomic E-state index is 13.2. The predicted molar refractivity (Wildman–Crippen MR) is 108 cm³/mol. The van der Waals surface area contributed by atoms with Crippen molar-refractivity contribution in [2.24, 2.45) is 0 Å². The highest BCUT2D eigenvalue weighted by atomic mass is 19.1. The maximum Gasteiger partial charge on any atom is 0.223 e. The Bertz CT molecular complexity index is 1190. The van der Waals surface area contributed by atoms with Crippen molar-refractivity contribution < 1.29 is 9.13 Å². The number of anilines is 2. The number of aromatic nitrogens is 5. The number of piperidine rings is 1. The maximum absolute atomic E-state index is 13.2. The van der Waals surface area contributed by atoms with E-state index in [2.05, 4.69) is 20.0 Å². The first-order valence-electron chi connectivity index (χ1n) is 9.49. The second kappa shape index (κ2) is 6.84. The van der Waals surface area contributed by atoms with E-state index >= 15 is 0 Å². The van der Waals surface area contributed by atoms with E-state index < -0.39 is 0 Å². The molecule has 2 N–H and O–H groups in total. The molecule has 0 aliphatic carbocycles. The average molecular weight is 393 g/mol. The zero-order chi connectivity index (χ0) is 20.0. The number of hydrogen-bond donors (Lipinski definition) is 1. The molecular weight excluding hydrogens is 373 g/mol. The minimum Gasteiger partial charge on any atom is -0.494 e. The van der Waals surface area contributed by atoms with Crippen molar-refractivity contribution in [2.45, 2.75) is 18.8 Å². The summed E-state index contributed by atoms with van der Waals surface area (Å²) in [6.45, 7) is 1.58. The lowest BCUT2D eigenvalue weighted by molar-refractivity contribution is 0.419. The van der Waals surface area contributed by atoms with E-state index in [1.54, 1.807) is 17.7 Å². The van der Waals surface area contributed by atoms with Gasteiger partial charge in [-0.25, -0.2) is 19.3 Å². The van der Waals surface area contributed by atoms with E-state index in [-0.39, 0.29) is 17.7 Å². The second-order valence-corrected chi connectivity index (χ2v) is 7.15. The molecule has 1 aliphatic rings. The van der Waals surface area contributed by atoms with Crippen LogP contribution in [-0.4, -0.2) is 44.8 Å². The monoisotopic (exact) mass is 393 g/mol. The molecule has 0 unspecified atom stereocenters. The molecule has 5 rings (SSSR count). The van der Waals surface area contributed by atoms with Crippen LogP contribution in [0.5, 0.6) is 5.75 Å². The molecule has 1 fully saturated rings. The molecular formula is C20H20FN7O. The minimum atomic E-state index is -0.338. The summed E-state index contributed by atoms with van der Waals surface area (Å²) >= 11 is 0. The molecule has 4 heterocycles. The van der Waals surface area contributed by atoms with Crippen LogP contribution in [0, 0.1) is 5.82 Å². The lowest BCUT2D eigenvalue weighted by Crippen LogP contribution is -2.35. The normalized spacial score (nSPS) is 17.2. The Labute approximate surface area is 166 Å². The van der Waals surface area contributed by atoms with Gasteiger partial charge in [-0.05, 0) is 37.1 Å². The molecule has 9 heteroatoms. The van der Waals surface area contributed by atoms with E-state index in [4.69, 9.17) is 15.5 Å². The Hall–Kier alpha value is -3.49. The summed E-state index contributed by atoms with van der Waals surface area (Å²) in [6.07, 6.45) is 3.18. The fraction of sp³-hybridized carbons (Fsp3) is 0.300. The van der Waals surface area contributed by atoms with Crippen LogP contribution in [0.1, 0.15) is 24.6 Å². The fourth-order valence-corrected chi connectivity index (χ4v) is 3.93. The SMILES string of the molecule is COc1cccc2c1nc(N)n1nc([C@@H]3CCCN(c4ccc(F)cn4)C3)nc21. The van der Waals surface area contributed by atoms with Gasteiger partial charge in [0.1, 0.15) is 22.9 Å². The summed E-state index contributed by atoms with van der Waals surface area (Å²) in [7, 11) is 1.60. The number of nitrogens with zero attached hydrogens (tertiary/aromatic N) is 6. The molecule has 0 spiro atoms. The highest BCUT2D eigenvalue weighted by molar-refractivity contribution is 5.95. The van der Waals surface area contributed by atoms with Gasteiger partial charge in [0.15, 0.2) is 11.5 Å². The van der Waals surface area contributed by atoms with Crippen molar-refractivity contribution >= 4 is 28.3 Å². The Morgan fingerprint density at radius 3 is 2.90 bits per heavy atom. The number of pyridine rings is 1. The third kappa shape index (κ3) is 2.98. The van der Waals surface area contributed by atoms with Gasteiger partial charge in [-0.2, -0.15) is 4.52 Å². The highest BCUT2D eigenvalue weighted by Gasteiger charge is 2.26. The van der Waals surface area contributed by atoms with E-state index in [0.29, 0.717) is 23.5 Å². The van der Waals surface area contributed by atoms with E-state index in [1.807, 2.05) is 18.2 Å². The van der Waals surface area contributed by atoms with Gasteiger partial charge in [0.25, 0.3) is 0 Å². The smallest absolute Gasteiger partial charge is 0.223 e. The molecule has 0 saturated carbocycles. The summed E-state index contributed by atoms with van der Waals surface area (Å²) < 4.78 is 20.2. The van der Waals surface area contributed by atoms with Crippen LogP contribution in [0.25, 0.3) is 16.6 Å². The first-order valence-corrected chi connectivity index (χ1v) is 9.49. The van der Waals surface area contributed by atoms with E-state index in [1.165, 1.54) is 12.3 Å². The van der Waals surface area contributed by atoms with Crippen molar-refractivity contribution in [3.05, 3.63) is 48.2 Å². The van der Waals surface area contributed by atoms with Crippen LogP contribution in [0.2, 0.25) is 0 Å². The van der Waals surface area contributed by atoms with Gasteiger partial charge in [0.05, 0.1) is 13.3 Å². The Morgan fingerprint density at radius 2 is 2.10 bits per heavy atom. The number of methoxy groups -OCH3 is 1. The van der Waals surface area contributed by atoms with Gasteiger partial charge in [-0.1, -0.05) is 6.07 Å². The van der Waals surface area contributed by atoms with Gasteiger partial charge < -0.3 is 15.4 Å². The molecule has 1 saturated heterocycles. The third-order valence-electron chi connectivity index (χ3n) is 5.35. The molecule has 8 nitrogen and oxygen atoms in total. The number of para-hydroxylation sites is 1. The van der Waals surface area contributed by atoms with Crippen LogP contribution >= 0.6 is 0 Å². The highest BCUT2D eigenvalue weighted by Crippen LogP contribution is 2.31. The molecule has 0 amide bonds. The fourth-order valence-electron chi connectivity index (χ4n) is 3.93. The Balaban J connectivity index is 1.54. The van der Waals surface area contributed by atoms with Gasteiger partial charge >= 0.3 is 0 Å². The predicted octanol–water partition coefficient (Wildman–Crippen LogP) is 2.79. The van der Waals surface area contributed by atoms with Gasteiger partial charge in [0.2, 0.25) is 5.95 Å². The Kier molecular flexibility index (Phi) is 4.15. The van der Waals surface area contributed by atoms with Crippen molar-refractivity contribution in [2.75, 3.05) is 30.8 Å². The quantitative estimate of drug-likeness (QED) is 0.572. The van der Waals surface area contributed by atoms with Gasteiger partial charge in [-0.3, -0.25) is 0 Å². The van der Waals surface area contributed by atoms with E-state index in [9.17, 15) is 4.39 Å². The van der Waals surface area contributed by atoms with Crippen molar-refractivity contribution in [3.8, 4) is 5.75 Å². The van der Waals surface area contributed by atoms with Crippen LogP contribution in [0.4, 0.5) is 16.2 Å². The molecule has 0 radical (unpaired) electrons. The Morgan fingerprint density at radius 1 is 1.21 bits per heavy atom. The van der Waals surface area contributed by atoms with Crippen LogP contribution in [0.15, 0.2) is 36.5 Å². The number of ether oxygens (including phenoxy) is 1. The van der Waals surface area contributed by atoms with Crippen LogP contribution in [-0.2, 0) is 0 Å². The summed E-state index contributed by atoms with van der Waals surface area (Å²) in [5.74, 6) is 2.18. The standard InChI is InChI=1S/C20H20FN7O/c1-29-15-6-2-5-14-17(15)24-20(22)28-19(14)25-18(26-28)12-4-3-9-27(11-12)16-8-7-13(21)10-23-16/h2,5-8,10,12H,3-4,9,11H2,1H3,(H2,22,24)/t12-/m1/s1. The molecule has 1 aliphatic heterocycles. The molecule has 1 atom stereocenters.